The van der Waals surface area contributed by atoms with E-state index in [1.165, 1.54) is 4.90 Å². The van der Waals surface area contributed by atoms with Gasteiger partial charge in [0.15, 0.2) is 0 Å². The van der Waals surface area contributed by atoms with Crippen LogP contribution in [0.1, 0.15) is 28.0 Å². The van der Waals surface area contributed by atoms with Gasteiger partial charge in [-0.1, -0.05) is 0 Å². The summed E-state index contributed by atoms with van der Waals surface area (Å²) in [5, 5.41) is 14.6. The van der Waals surface area contributed by atoms with E-state index in [1.807, 2.05) is 24.0 Å². The summed E-state index contributed by atoms with van der Waals surface area (Å²) in [7, 11) is 3.73. The van der Waals surface area contributed by atoms with Gasteiger partial charge < -0.3 is 19.9 Å². The summed E-state index contributed by atoms with van der Waals surface area (Å²) in [6, 6.07) is 2.84. The van der Waals surface area contributed by atoms with Crippen molar-refractivity contribution >= 4 is 5.91 Å². The Bertz CT molecular complexity index is 868. The number of aromatic amines is 2. The maximum atomic E-state index is 12.5. The van der Waals surface area contributed by atoms with Gasteiger partial charge in [0.1, 0.15) is 11.8 Å². The van der Waals surface area contributed by atoms with Gasteiger partial charge in [-0.25, -0.2) is 4.79 Å². The predicted octanol–water partition coefficient (Wildman–Crippen LogP) is -1.49. The van der Waals surface area contributed by atoms with E-state index in [4.69, 9.17) is 0 Å². The number of likely N-dealkylation sites (N-methyl/N-ethyl adjacent to an activating group) is 1. The molecule has 1 atom stereocenters. The molecule has 0 saturated heterocycles. The summed E-state index contributed by atoms with van der Waals surface area (Å²) in [6.45, 7) is 1.61. The second kappa shape index (κ2) is 6.65. The number of hydrogen-bond acceptors (Lipinski definition) is 6. The Morgan fingerprint density at radius 3 is 2.76 bits per heavy atom. The quantitative estimate of drug-likeness (QED) is 0.618. The lowest BCUT2D eigenvalue weighted by molar-refractivity contribution is 0.0698. The Morgan fingerprint density at radius 2 is 2.08 bits per heavy atom. The molecule has 0 radical (unpaired) electrons. The van der Waals surface area contributed by atoms with E-state index in [9.17, 15) is 19.5 Å². The molecular formula is C15H20N6O4. The van der Waals surface area contributed by atoms with Crippen molar-refractivity contribution in [3.63, 3.8) is 0 Å². The minimum absolute atomic E-state index is 0.0467. The smallest absolute Gasteiger partial charge is 0.326 e. The average molecular weight is 348 g/mol. The van der Waals surface area contributed by atoms with Crippen molar-refractivity contribution < 1.29 is 9.90 Å². The van der Waals surface area contributed by atoms with Crippen LogP contribution in [0.2, 0.25) is 0 Å². The van der Waals surface area contributed by atoms with Crippen molar-refractivity contribution in [2.45, 2.75) is 19.2 Å². The maximum Gasteiger partial charge on any atom is 0.326 e. The summed E-state index contributed by atoms with van der Waals surface area (Å²) in [5.74, 6) is -0.425. The van der Waals surface area contributed by atoms with E-state index in [-0.39, 0.29) is 12.2 Å². The number of fused-ring (bicyclic) bond motifs is 1. The molecule has 1 aliphatic rings. The second-order valence-corrected chi connectivity index (χ2v) is 6.29. The van der Waals surface area contributed by atoms with Gasteiger partial charge in [0.05, 0.1) is 24.5 Å². The van der Waals surface area contributed by atoms with Crippen LogP contribution >= 0.6 is 0 Å². The fourth-order valence-electron chi connectivity index (χ4n) is 2.82. The van der Waals surface area contributed by atoms with Gasteiger partial charge >= 0.3 is 5.69 Å². The molecule has 3 N–H and O–H groups in total. The Morgan fingerprint density at radius 1 is 1.32 bits per heavy atom. The fraction of sp³-hybridized carbons (Fsp3) is 0.467. The van der Waals surface area contributed by atoms with Gasteiger partial charge in [-0.3, -0.25) is 19.3 Å². The molecule has 2 aromatic heterocycles. The van der Waals surface area contributed by atoms with E-state index >= 15 is 0 Å². The van der Waals surface area contributed by atoms with Crippen LogP contribution in [0.15, 0.2) is 21.7 Å². The third-order valence-electron chi connectivity index (χ3n) is 3.97. The standard InChI is InChI=1S/C15H20N6O4/c1-19(2)8-12(22)10-5-9-7-20(3-4-21(9)18-10)14(24)11-6-13(23)17-15(25)16-11/h5-6,12,22H,3-4,7-8H2,1-2H3,(H2,16,17,23,25). The van der Waals surface area contributed by atoms with E-state index in [1.54, 1.807) is 10.7 Å². The first-order chi connectivity index (χ1) is 11.8. The van der Waals surface area contributed by atoms with Crippen molar-refractivity contribution in [1.29, 1.82) is 0 Å². The zero-order valence-electron chi connectivity index (χ0n) is 14.0. The first kappa shape index (κ1) is 17.1. The van der Waals surface area contributed by atoms with E-state index in [0.717, 1.165) is 11.8 Å². The van der Waals surface area contributed by atoms with Crippen LogP contribution in [-0.4, -0.2) is 67.7 Å². The van der Waals surface area contributed by atoms with E-state index in [2.05, 4.69) is 10.1 Å². The van der Waals surface area contributed by atoms with Crippen LogP contribution in [0.4, 0.5) is 0 Å². The number of aliphatic hydroxyl groups excluding tert-OH is 1. The monoisotopic (exact) mass is 348 g/mol. The molecule has 25 heavy (non-hydrogen) atoms. The molecule has 0 bridgehead atoms. The molecule has 1 aliphatic heterocycles. The molecule has 0 saturated carbocycles. The third-order valence-corrected chi connectivity index (χ3v) is 3.97. The Balaban J connectivity index is 1.79. The number of rotatable bonds is 4. The molecule has 134 valence electrons. The molecular weight excluding hydrogens is 328 g/mol. The Kier molecular flexibility index (Phi) is 4.55. The van der Waals surface area contributed by atoms with Crippen LogP contribution in [0.25, 0.3) is 0 Å². The number of nitrogens with one attached hydrogen (secondary N) is 2. The van der Waals surface area contributed by atoms with Gasteiger partial charge in [-0.05, 0) is 20.2 Å². The Labute approximate surface area is 142 Å². The fourth-order valence-corrected chi connectivity index (χ4v) is 2.82. The number of hydrogen-bond donors (Lipinski definition) is 3. The van der Waals surface area contributed by atoms with Crippen LogP contribution < -0.4 is 11.2 Å². The van der Waals surface area contributed by atoms with Crippen molar-refractivity contribution in [2.24, 2.45) is 0 Å². The summed E-state index contributed by atoms with van der Waals surface area (Å²) < 4.78 is 1.76. The van der Waals surface area contributed by atoms with Gasteiger partial charge in [0.2, 0.25) is 0 Å². The average Bonchev–Trinajstić information content (AvgIpc) is 2.95. The van der Waals surface area contributed by atoms with Crippen molar-refractivity contribution in [2.75, 3.05) is 27.2 Å². The molecule has 0 spiro atoms. The summed E-state index contributed by atoms with van der Waals surface area (Å²) in [6.07, 6.45) is -0.707. The minimum Gasteiger partial charge on any atom is -0.385 e. The van der Waals surface area contributed by atoms with Crippen LogP contribution in [-0.2, 0) is 13.1 Å². The highest BCUT2D eigenvalue weighted by Crippen LogP contribution is 2.19. The molecule has 1 amide bonds. The number of aliphatic hydroxyl groups is 1. The Hall–Kier alpha value is -2.72. The van der Waals surface area contributed by atoms with Gasteiger partial charge in [-0.15, -0.1) is 0 Å². The molecule has 0 fully saturated rings. The molecule has 3 rings (SSSR count). The van der Waals surface area contributed by atoms with Gasteiger partial charge in [-0.2, -0.15) is 5.10 Å². The molecule has 3 heterocycles. The molecule has 10 nitrogen and oxygen atoms in total. The molecule has 10 heteroatoms. The maximum absolute atomic E-state index is 12.5. The van der Waals surface area contributed by atoms with Crippen molar-refractivity contribution in [1.82, 2.24) is 29.5 Å². The predicted molar refractivity (Wildman–Crippen MR) is 88.2 cm³/mol. The lowest BCUT2D eigenvalue weighted by Crippen LogP contribution is -2.40. The summed E-state index contributed by atoms with van der Waals surface area (Å²) in [5.41, 5.74) is -0.0352. The number of carbonyl (C=O) groups excluding carboxylic acids is 1. The number of nitrogens with zero attached hydrogens (tertiary/aromatic N) is 4. The summed E-state index contributed by atoms with van der Waals surface area (Å²) in [4.78, 5) is 43.0. The summed E-state index contributed by atoms with van der Waals surface area (Å²) >= 11 is 0. The number of H-pyrrole nitrogens is 2. The number of amides is 1. The molecule has 1 unspecified atom stereocenters. The van der Waals surface area contributed by atoms with Gasteiger partial charge in [0, 0.05) is 19.2 Å². The number of aromatic nitrogens is 4. The lowest BCUT2D eigenvalue weighted by atomic mass is 10.2. The lowest BCUT2D eigenvalue weighted by Gasteiger charge is -2.27. The first-order valence-electron chi connectivity index (χ1n) is 7.86. The normalized spacial score (nSPS) is 15.3. The SMILES string of the molecule is CN(C)CC(O)c1cc2n(n1)CCN(C(=O)c1cc(=O)[nH]c(=O)[nH]1)C2. The third kappa shape index (κ3) is 3.69. The van der Waals surface area contributed by atoms with E-state index < -0.39 is 23.3 Å². The number of carbonyl (C=O) groups is 1. The molecule has 0 aromatic carbocycles. The minimum atomic E-state index is -0.716. The zero-order valence-corrected chi connectivity index (χ0v) is 14.0. The van der Waals surface area contributed by atoms with E-state index in [0.29, 0.717) is 25.3 Å². The van der Waals surface area contributed by atoms with Gasteiger partial charge in [0.25, 0.3) is 11.5 Å². The van der Waals surface area contributed by atoms with Crippen molar-refractivity contribution in [3.05, 3.63) is 50.1 Å². The highest BCUT2D eigenvalue weighted by molar-refractivity contribution is 5.92. The highest BCUT2D eigenvalue weighted by atomic mass is 16.3. The largest absolute Gasteiger partial charge is 0.385 e. The van der Waals surface area contributed by atoms with Crippen LogP contribution in [0.5, 0.6) is 0 Å². The van der Waals surface area contributed by atoms with Crippen molar-refractivity contribution in [3.8, 4) is 0 Å². The second-order valence-electron chi connectivity index (χ2n) is 6.29. The topological polar surface area (TPSA) is 127 Å². The first-order valence-corrected chi connectivity index (χ1v) is 7.86. The van der Waals surface area contributed by atoms with Crippen LogP contribution in [0, 0.1) is 0 Å². The molecule has 2 aromatic rings. The zero-order chi connectivity index (χ0) is 18.1. The molecule has 0 aliphatic carbocycles. The highest BCUT2D eigenvalue weighted by Gasteiger charge is 2.25. The van der Waals surface area contributed by atoms with Crippen LogP contribution in [0.3, 0.4) is 0 Å².